The molecule has 0 bridgehead atoms. The molecule has 1 atom stereocenters. The summed E-state index contributed by atoms with van der Waals surface area (Å²) in [6.07, 6.45) is -4.12. The molecule has 1 saturated heterocycles. The molecule has 2 rings (SSSR count). The highest BCUT2D eigenvalue weighted by Gasteiger charge is 2.39. The van der Waals surface area contributed by atoms with Gasteiger partial charge in [0.15, 0.2) is 0 Å². The van der Waals surface area contributed by atoms with Gasteiger partial charge in [-0.15, -0.1) is 0 Å². The number of hydrogen-bond donors (Lipinski definition) is 1. The average Bonchev–Trinajstić information content (AvgIpc) is 2.85. The highest BCUT2D eigenvalue weighted by atomic mass is 35.5. The van der Waals surface area contributed by atoms with Gasteiger partial charge in [0.1, 0.15) is 11.7 Å². The summed E-state index contributed by atoms with van der Waals surface area (Å²) in [4.78, 5) is 22.4. The van der Waals surface area contributed by atoms with E-state index in [4.69, 9.17) is 16.7 Å². The Morgan fingerprint density at radius 2 is 2.09 bits per heavy atom. The van der Waals surface area contributed by atoms with Gasteiger partial charge in [-0.25, -0.2) is 4.79 Å². The first-order chi connectivity index (χ1) is 10.1. The van der Waals surface area contributed by atoms with Crippen LogP contribution in [0.5, 0.6) is 0 Å². The highest BCUT2D eigenvalue weighted by Crippen LogP contribution is 2.43. The van der Waals surface area contributed by atoms with E-state index in [-0.39, 0.29) is 18.7 Å². The maximum Gasteiger partial charge on any atom is 0.418 e. The summed E-state index contributed by atoms with van der Waals surface area (Å²) in [7, 11) is 0. The van der Waals surface area contributed by atoms with Crippen molar-refractivity contribution in [2.24, 2.45) is 0 Å². The van der Waals surface area contributed by atoms with Gasteiger partial charge in [0, 0.05) is 12.6 Å². The maximum absolute atomic E-state index is 12.8. The Balaban J connectivity index is 2.59. The standard InChI is InChI=1S/C12H10ClF3N2O4/c13-7-5-9(17-3-1-2-8(17)11(19)20)10(18(21)22)4-6(7)12(14,15)16/h4-5,8H,1-3H2,(H,19,20)/t8-/m0/s1. The van der Waals surface area contributed by atoms with Crippen molar-refractivity contribution in [2.75, 3.05) is 11.4 Å². The van der Waals surface area contributed by atoms with Gasteiger partial charge in [-0.05, 0) is 18.9 Å². The van der Waals surface area contributed by atoms with Gasteiger partial charge >= 0.3 is 12.1 Å². The van der Waals surface area contributed by atoms with Crippen LogP contribution in [0.1, 0.15) is 18.4 Å². The van der Waals surface area contributed by atoms with Gasteiger partial charge in [-0.3, -0.25) is 10.1 Å². The molecule has 0 radical (unpaired) electrons. The zero-order chi connectivity index (χ0) is 16.7. The van der Waals surface area contributed by atoms with E-state index in [1.54, 1.807) is 0 Å². The van der Waals surface area contributed by atoms with Gasteiger partial charge in [0.05, 0.1) is 15.5 Å². The van der Waals surface area contributed by atoms with Gasteiger partial charge in [-0.2, -0.15) is 13.2 Å². The molecule has 1 aliphatic heterocycles. The van der Waals surface area contributed by atoms with Gasteiger partial charge in [0.2, 0.25) is 0 Å². The zero-order valence-corrected chi connectivity index (χ0v) is 11.7. The number of aliphatic carboxylic acids is 1. The van der Waals surface area contributed by atoms with Crippen LogP contribution in [-0.4, -0.2) is 28.6 Å². The number of rotatable bonds is 3. The van der Waals surface area contributed by atoms with Gasteiger partial charge in [-0.1, -0.05) is 11.6 Å². The van der Waals surface area contributed by atoms with E-state index in [1.165, 1.54) is 4.90 Å². The first kappa shape index (κ1) is 16.3. The number of halogens is 4. The molecular weight excluding hydrogens is 329 g/mol. The van der Waals surface area contributed by atoms with Crippen LogP contribution in [0.25, 0.3) is 0 Å². The molecule has 6 nitrogen and oxygen atoms in total. The Kier molecular flexibility index (Phi) is 4.19. The average molecular weight is 339 g/mol. The van der Waals surface area contributed by atoms with Crippen molar-refractivity contribution in [1.82, 2.24) is 0 Å². The molecule has 0 aliphatic carbocycles. The van der Waals surface area contributed by atoms with Crippen LogP contribution in [0.15, 0.2) is 12.1 Å². The molecular formula is C12H10ClF3N2O4. The SMILES string of the molecule is O=C(O)[C@@H]1CCCN1c1cc(Cl)c(C(F)(F)F)cc1[N+](=O)[O-]. The Labute approximate surface area is 127 Å². The third-order valence-electron chi connectivity index (χ3n) is 3.41. The minimum Gasteiger partial charge on any atom is -0.480 e. The summed E-state index contributed by atoms with van der Waals surface area (Å²) >= 11 is 5.58. The molecule has 0 spiro atoms. The number of nitrogens with zero attached hydrogens (tertiary/aromatic N) is 2. The summed E-state index contributed by atoms with van der Waals surface area (Å²) < 4.78 is 38.4. The maximum atomic E-state index is 12.8. The molecule has 1 heterocycles. The van der Waals surface area contributed by atoms with E-state index >= 15 is 0 Å². The third-order valence-corrected chi connectivity index (χ3v) is 3.73. The molecule has 0 amide bonds. The van der Waals surface area contributed by atoms with Crippen LogP contribution < -0.4 is 4.90 Å². The topological polar surface area (TPSA) is 83.7 Å². The molecule has 1 fully saturated rings. The van der Waals surface area contributed by atoms with Crippen molar-refractivity contribution in [3.63, 3.8) is 0 Å². The Morgan fingerprint density at radius 1 is 1.45 bits per heavy atom. The Bertz CT molecular complexity index is 636. The second-order valence-electron chi connectivity index (χ2n) is 4.77. The van der Waals surface area contributed by atoms with Crippen LogP contribution in [-0.2, 0) is 11.0 Å². The Morgan fingerprint density at radius 3 is 2.59 bits per heavy atom. The third kappa shape index (κ3) is 2.94. The van der Waals surface area contributed by atoms with Crippen molar-refractivity contribution in [2.45, 2.75) is 25.1 Å². The van der Waals surface area contributed by atoms with E-state index in [9.17, 15) is 28.1 Å². The minimum atomic E-state index is -4.84. The lowest BCUT2D eigenvalue weighted by molar-refractivity contribution is -0.384. The quantitative estimate of drug-likeness (QED) is 0.675. The van der Waals surface area contributed by atoms with Gasteiger partial charge < -0.3 is 10.0 Å². The molecule has 22 heavy (non-hydrogen) atoms. The fourth-order valence-corrected chi connectivity index (χ4v) is 2.72. The number of carboxylic acid groups (broad SMARTS) is 1. The molecule has 120 valence electrons. The largest absolute Gasteiger partial charge is 0.480 e. The fraction of sp³-hybridized carbons (Fsp3) is 0.417. The number of benzene rings is 1. The first-order valence-corrected chi connectivity index (χ1v) is 6.55. The van der Waals surface area contributed by atoms with Crippen molar-refractivity contribution in [1.29, 1.82) is 0 Å². The number of hydrogen-bond acceptors (Lipinski definition) is 4. The van der Waals surface area contributed by atoms with Crippen molar-refractivity contribution >= 4 is 28.9 Å². The lowest BCUT2D eigenvalue weighted by Crippen LogP contribution is -2.36. The van der Waals surface area contributed by atoms with Crippen molar-refractivity contribution < 1.29 is 28.0 Å². The van der Waals surface area contributed by atoms with Gasteiger partial charge in [0.25, 0.3) is 5.69 Å². The summed E-state index contributed by atoms with van der Waals surface area (Å²) in [5.41, 5.74) is -2.35. The zero-order valence-electron chi connectivity index (χ0n) is 10.9. The van der Waals surface area contributed by atoms with Crippen LogP contribution in [0.3, 0.4) is 0 Å². The number of anilines is 1. The van der Waals surface area contributed by atoms with E-state index < -0.39 is 39.4 Å². The Hall–Kier alpha value is -2.03. The monoisotopic (exact) mass is 338 g/mol. The second-order valence-corrected chi connectivity index (χ2v) is 5.17. The van der Waals surface area contributed by atoms with Crippen LogP contribution in [0.2, 0.25) is 5.02 Å². The van der Waals surface area contributed by atoms with E-state index in [1.807, 2.05) is 0 Å². The van der Waals surface area contributed by atoms with Crippen LogP contribution >= 0.6 is 11.6 Å². The van der Waals surface area contributed by atoms with E-state index in [0.717, 1.165) is 6.07 Å². The number of carbonyl (C=O) groups is 1. The molecule has 0 saturated carbocycles. The number of alkyl halides is 3. The number of nitro benzene ring substituents is 1. The predicted molar refractivity (Wildman–Crippen MR) is 71.1 cm³/mol. The smallest absolute Gasteiger partial charge is 0.418 e. The lowest BCUT2D eigenvalue weighted by Gasteiger charge is -2.24. The molecule has 0 unspecified atom stereocenters. The molecule has 1 N–H and O–H groups in total. The molecule has 1 aromatic rings. The first-order valence-electron chi connectivity index (χ1n) is 6.17. The molecule has 1 aromatic carbocycles. The normalized spacial score (nSPS) is 18.5. The summed E-state index contributed by atoms with van der Waals surface area (Å²) in [5, 5.41) is 19.5. The second kappa shape index (κ2) is 5.64. The van der Waals surface area contributed by atoms with Crippen LogP contribution in [0.4, 0.5) is 24.5 Å². The minimum absolute atomic E-state index is 0.194. The van der Waals surface area contributed by atoms with E-state index in [2.05, 4.69) is 0 Å². The summed E-state index contributed by atoms with van der Waals surface area (Å²) in [5.74, 6) is -1.19. The number of nitro groups is 1. The molecule has 0 aromatic heterocycles. The molecule has 1 aliphatic rings. The highest BCUT2D eigenvalue weighted by molar-refractivity contribution is 6.31. The van der Waals surface area contributed by atoms with Crippen molar-refractivity contribution in [3.05, 3.63) is 32.8 Å². The van der Waals surface area contributed by atoms with Crippen LogP contribution in [0, 0.1) is 10.1 Å². The fourth-order valence-electron chi connectivity index (χ4n) is 2.46. The number of carboxylic acids is 1. The van der Waals surface area contributed by atoms with Crippen molar-refractivity contribution in [3.8, 4) is 0 Å². The van der Waals surface area contributed by atoms with E-state index in [0.29, 0.717) is 12.5 Å². The summed E-state index contributed by atoms with van der Waals surface area (Å²) in [6, 6.07) is 0.130. The molecule has 10 heteroatoms. The lowest BCUT2D eigenvalue weighted by atomic mass is 10.1. The summed E-state index contributed by atoms with van der Waals surface area (Å²) in [6.45, 7) is 0.194. The predicted octanol–water partition coefficient (Wildman–Crippen LogP) is 3.32.